The lowest BCUT2D eigenvalue weighted by Gasteiger charge is -2.09. The van der Waals surface area contributed by atoms with Crippen molar-refractivity contribution in [2.75, 3.05) is 0 Å². The molecule has 0 bridgehead atoms. The van der Waals surface area contributed by atoms with Crippen molar-refractivity contribution in [2.45, 2.75) is 0 Å². The van der Waals surface area contributed by atoms with E-state index in [0.717, 1.165) is 21.4 Å². The number of ether oxygens (including phenoxy) is 2. The lowest BCUT2D eigenvalue weighted by Crippen LogP contribution is -2.26. The number of nitrogens with one attached hydrogen (secondary N) is 2. The summed E-state index contributed by atoms with van der Waals surface area (Å²) in [6.45, 7) is 0. The first kappa shape index (κ1) is 25.4. The zero-order chi connectivity index (χ0) is 20.8. The summed E-state index contributed by atoms with van der Waals surface area (Å²) in [6.07, 6.45) is 1.20. The molecule has 0 saturated heterocycles. The molecule has 0 aliphatic heterocycles. The van der Waals surface area contributed by atoms with E-state index in [4.69, 9.17) is 9.47 Å². The molecule has 0 aliphatic rings. The molecule has 0 heterocycles. The van der Waals surface area contributed by atoms with Crippen LogP contribution in [0.25, 0.3) is 0 Å². The van der Waals surface area contributed by atoms with Gasteiger partial charge in [0.25, 0.3) is 0 Å². The van der Waals surface area contributed by atoms with Gasteiger partial charge < -0.3 is 9.47 Å². The molecule has 0 saturated carbocycles. The molecule has 2 N–H and O–H groups in total. The molecular formula is C16H8I6N2O4. The number of hydrogen-bond acceptors (Lipinski definition) is 4. The van der Waals surface area contributed by atoms with E-state index >= 15 is 0 Å². The van der Waals surface area contributed by atoms with E-state index in [9.17, 15) is 9.59 Å². The van der Waals surface area contributed by atoms with Crippen molar-refractivity contribution in [1.29, 1.82) is 0 Å². The normalized spacial score (nSPS) is 10.6. The van der Waals surface area contributed by atoms with Crippen LogP contribution in [0.3, 0.4) is 0 Å². The zero-order valence-electron chi connectivity index (χ0n) is 13.4. The first-order valence-electron chi connectivity index (χ1n) is 7.08. The van der Waals surface area contributed by atoms with Gasteiger partial charge in [-0.3, -0.25) is 10.6 Å². The summed E-state index contributed by atoms with van der Waals surface area (Å²) in [5.41, 5.74) is 0. The van der Waals surface area contributed by atoms with Gasteiger partial charge in [0.15, 0.2) is 11.5 Å². The minimum Gasteiger partial charge on any atom is -0.408 e. The summed E-state index contributed by atoms with van der Waals surface area (Å²) >= 11 is 12.8. The molecule has 12 heteroatoms. The Morgan fingerprint density at radius 2 is 0.929 bits per heavy atom. The highest BCUT2D eigenvalue weighted by molar-refractivity contribution is 14.1. The van der Waals surface area contributed by atoms with Gasteiger partial charge in [0, 0.05) is 19.5 Å². The highest BCUT2D eigenvalue weighted by atomic mass is 127. The molecule has 0 atom stereocenters. The van der Waals surface area contributed by atoms with E-state index < -0.39 is 12.2 Å². The predicted octanol–water partition coefficient (Wildman–Crippen LogP) is 6.66. The van der Waals surface area contributed by atoms with Gasteiger partial charge in [0.05, 0.1) is 14.3 Å². The van der Waals surface area contributed by atoms with Crippen LogP contribution in [-0.4, -0.2) is 12.2 Å². The Labute approximate surface area is 242 Å². The van der Waals surface area contributed by atoms with E-state index in [2.05, 4.69) is 146 Å². The van der Waals surface area contributed by atoms with Gasteiger partial charge in [-0.1, -0.05) is 0 Å². The molecule has 2 rings (SSSR count). The van der Waals surface area contributed by atoms with E-state index in [0.29, 0.717) is 11.5 Å². The second-order valence-electron chi connectivity index (χ2n) is 4.80. The van der Waals surface area contributed by atoms with Crippen molar-refractivity contribution in [2.24, 2.45) is 0 Å². The summed E-state index contributed by atoms with van der Waals surface area (Å²) in [6, 6.07) is 7.64. The number of rotatable bonds is 4. The minimum atomic E-state index is -0.662. The highest BCUT2D eigenvalue weighted by Gasteiger charge is 2.13. The monoisotopic (exact) mass is 1050 g/mol. The van der Waals surface area contributed by atoms with E-state index in [1.807, 2.05) is 24.3 Å². The van der Waals surface area contributed by atoms with Gasteiger partial charge in [0.2, 0.25) is 0 Å². The van der Waals surface area contributed by atoms with Crippen LogP contribution in [0.5, 0.6) is 11.5 Å². The van der Waals surface area contributed by atoms with E-state index in [-0.39, 0.29) is 0 Å². The van der Waals surface area contributed by atoms with Crippen LogP contribution in [0.2, 0.25) is 0 Å². The Hall–Kier alpha value is 1.10. The van der Waals surface area contributed by atoms with Gasteiger partial charge in [0.1, 0.15) is 0 Å². The molecule has 2 aromatic carbocycles. The second-order valence-corrected chi connectivity index (χ2v) is 11.9. The maximum Gasteiger partial charge on any atom is 0.416 e. The molecule has 2 amide bonds. The third-order valence-corrected chi connectivity index (χ3v) is 7.25. The number of hydrogen-bond donors (Lipinski definition) is 2. The SMILES string of the molecule is O=C(NC=CNC(=O)Oc1c(I)cc(I)cc1I)Oc1c(I)cc(I)cc1I. The average molecular weight is 1050 g/mol. The van der Waals surface area contributed by atoms with Crippen molar-refractivity contribution in [3.63, 3.8) is 0 Å². The second kappa shape index (κ2) is 12.2. The fraction of sp³-hybridized carbons (Fsp3) is 0. The average Bonchev–Trinajstić information content (AvgIpc) is 2.58. The Kier molecular flexibility index (Phi) is 11.1. The molecule has 0 spiro atoms. The smallest absolute Gasteiger partial charge is 0.408 e. The van der Waals surface area contributed by atoms with Gasteiger partial charge in [-0.15, -0.1) is 0 Å². The van der Waals surface area contributed by atoms with Crippen LogP contribution in [0.1, 0.15) is 0 Å². The molecule has 148 valence electrons. The van der Waals surface area contributed by atoms with Crippen molar-refractivity contribution in [1.82, 2.24) is 10.6 Å². The summed E-state index contributed by atoms with van der Waals surface area (Å²) in [4.78, 5) is 23.8. The van der Waals surface area contributed by atoms with Crippen molar-refractivity contribution >= 4 is 148 Å². The van der Waals surface area contributed by atoms with Crippen LogP contribution in [-0.2, 0) is 0 Å². The highest BCUT2D eigenvalue weighted by Crippen LogP contribution is 2.30. The molecular weight excluding hydrogens is 1050 g/mol. The van der Waals surface area contributed by atoms with Crippen molar-refractivity contribution in [3.05, 3.63) is 58.1 Å². The number of carbonyl (C=O) groups excluding carboxylic acids is 2. The molecule has 2 aromatic rings. The number of carbonyl (C=O) groups is 2. The van der Waals surface area contributed by atoms with Crippen LogP contribution < -0.4 is 20.1 Å². The fourth-order valence-electron chi connectivity index (χ4n) is 1.72. The van der Waals surface area contributed by atoms with E-state index in [1.165, 1.54) is 12.4 Å². The van der Waals surface area contributed by atoms with Crippen LogP contribution in [0, 0.1) is 21.4 Å². The summed E-state index contributed by atoms with van der Waals surface area (Å²) in [5, 5.41) is 4.85. The van der Waals surface area contributed by atoms with Crippen molar-refractivity contribution in [3.8, 4) is 11.5 Å². The van der Waals surface area contributed by atoms with Crippen molar-refractivity contribution < 1.29 is 19.1 Å². The summed E-state index contributed by atoms with van der Waals surface area (Å²) in [5.74, 6) is 0.977. The van der Waals surface area contributed by atoms with Gasteiger partial charge in [-0.25, -0.2) is 9.59 Å². The number of benzene rings is 2. The first-order valence-corrected chi connectivity index (χ1v) is 13.6. The van der Waals surface area contributed by atoms with Crippen LogP contribution in [0.4, 0.5) is 9.59 Å². The Balaban J connectivity index is 1.87. The van der Waals surface area contributed by atoms with Crippen LogP contribution >= 0.6 is 136 Å². The molecule has 0 unspecified atom stereocenters. The molecule has 0 aromatic heterocycles. The maximum atomic E-state index is 11.9. The fourth-order valence-corrected chi connectivity index (χ4v) is 9.32. The number of amides is 2. The Morgan fingerprint density at radius 3 is 1.21 bits per heavy atom. The summed E-state index contributed by atoms with van der Waals surface area (Å²) < 4.78 is 16.0. The largest absolute Gasteiger partial charge is 0.416 e. The molecule has 28 heavy (non-hydrogen) atoms. The molecule has 0 radical (unpaired) electrons. The maximum absolute atomic E-state index is 11.9. The zero-order valence-corrected chi connectivity index (χ0v) is 26.3. The topological polar surface area (TPSA) is 76.7 Å². The Morgan fingerprint density at radius 1 is 0.643 bits per heavy atom. The molecule has 0 fully saturated rings. The molecule has 6 nitrogen and oxygen atoms in total. The summed E-state index contributed by atoms with van der Waals surface area (Å²) in [7, 11) is 0. The van der Waals surface area contributed by atoms with Crippen LogP contribution in [0.15, 0.2) is 36.7 Å². The quantitative estimate of drug-likeness (QED) is 0.337. The third-order valence-electron chi connectivity index (χ3n) is 2.80. The standard InChI is InChI=1S/C16H8I6N2O4/c17-7-3-9(19)13(10(20)4-7)27-15(25)23-1-2-24-16(26)28-14-11(21)5-8(18)6-12(14)22/h1-6H,(H,23,25)(H,24,26). The lowest BCUT2D eigenvalue weighted by molar-refractivity contribution is 0.201. The third kappa shape index (κ3) is 7.98. The Bertz CT molecular complexity index is 829. The van der Waals surface area contributed by atoms with Gasteiger partial charge in [-0.2, -0.15) is 0 Å². The van der Waals surface area contributed by atoms with Gasteiger partial charge in [-0.05, 0) is 160 Å². The van der Waals surface area contributed by atoms with Gasteiger partial charge >= 0.3 is 12.2 Å². The molecule has 0 aliphatic carbocycles. The van der Waals surface area contributed by atoms with E-state index in [1.54, 1.807) is 0 Å². The minimum absolute atomic E-state index is 0.489. The lowest BCUT2D eigenvalue weighted by atomic mass is 10.3. The first-order chi connectivity index (χ1) is 13.2. The predicted molar refractivity (Wildman–Crippen MR) is 157 cm³/mol. The number of halogens is 6.